The molecule has 1 heterocycles. The van der Waals surface area contributed by atoms with E-state index in [0.29, 0.717) is 24.4 Å². The summed E-state index contributed by atoms with van der Waals surface area (Å²) < 4.78 is 5.30. The SMILES string of the molecule is O=C(/C=C/c1ccccc1Cl)NCC1CCC(C(=O)O)O1. The van der Waals surface area contributed by atoms with E-state index >= 15 is 0 Å². The fourth-order valence-corrected chi connectivity index (χ4v) is 2.29. The zero-order valence-electron chi connectivity index (χ0n) is 11.3. The predicted molar refractivity (Wildman–Crippen MR) is 79.0 cm³/mol. The van der Waals surface area contributed by atoms with Crippen LogP contribution in [0.15, 0.2) is 30.3 Å². The summed E-state index contributed by atoms with van der Waals surface area (Å²) in [6, 6.07) is 7.21. The Morgan fingerprint density at radius 2 is 2.14 bits per heavy atom. The van der Waals surface area contributed by atoms with Crippen LogP contribution in [-0.2, 0) is 14.3 Å². The average molecular weight is 310 g/mol. The van der Waals surface area contributed by atoms with Crippen LogP contribution >= 0.6 is 11.6 Å². The van der Waals surface area contributed by atoms with Gasteiger partial charge in [0.25, 0.3) is 0 Å². The van der Waals surface area contributed by atoms with E-state index in [0.717, 1.165) is 5.56 Å². The molecule has 2 N–H and O–H groups in total. The number of carbonyl (C=O) groups excluding carboxylic acids is 1. The summed E-state index contributed by atoms with van der Waals surface area (Å²) in [6.45, 7) is 0.301. The van der Waals surface area contributed by atoms with Gasteiger partial charge in [0, 0.05) is 17.6 Å². The highest BCUT2D eigenvalue weighted by Crippen LogP contribution is 2.19. The van der Waals surface area contributed by atoms with E-state index in [2.05, 4.69) is 5.32 Å². The molecule has 112 valence electrons. The van der Waals surface area contributed by atoms with Gasteiger partial charge in [0.15, 0.2) is 6.10 Å². The molecule has 1 aromatic rings. The van der Waals surface area contributed by atoms with E-state index in [1.165, 1.54) is 6.08 Å². The largest absolute Gasteiger partial charge is 0.479 e. The third kappa shape index (κ3) is 4.58. The highest BCUT2D eigenvalue weighted by molar-refractivity contribution is 6.32. The first-order chi connectivity index (χ1) is 10.1. The molecule has 1 saturated heterocycles. The van der Waals surface area contributed by atoms with Crippen LogP contribution in [0.4, 0.5) is 0 Å². The molecule has 0 aliphatic carbocycles. The molecule has 1 aromatic carbocycles. The van der Waals surface area contributed by atoms with Crippen molar-refractivity contribution in [3.8, 4) is 0 Å². The first-order valence-corrected chi connectivity index (χ1v) is 7.03. The van der Waals surface area contributed by atoms with Gasteiger partial charge in [-0.25, -0.2) is 4.79 Å². The van der Waals surface area contributed by atoms with E-state index in [4.69, 9.17) is 21.4 Å². The summed E-state index contributed by atoms with van der Waals surface area (Å²) in [7, 11) is 0. The lowest BCUT2D eigenvalue weighted by molar-refractivity contribution is -0.149. The fraction of sp³-hybridized carbons (Fsp3) is 0.333. The van der Waals surface area contributed by atoms with Crippen molar-refractivity contribution in [2.45, 2.75) is 25.0 Å². The third-order valence-corrected chi connectivity index (χ3v) is 3.55. The van der Waals surface area contributed by atoms with Gasteiger partial charge < -0.3 is 15.2 Å². The van der Waals surface area contributed by atoms with Crippen molar-refractivity contribution >= 4 is 29.6 Å². The standard InChI is InChI=1S/C15H16ClNO4/c16-12-4-2-1-3-10(12)5-8-14(18)17-9-11-6-7-13(21-11)15(19)20/h1-5,8,11,13H,6-7,9H2,(H,17,18)(H,19,20)/b8-5+. The molecule has 2 atom stereocenters. The molecule has 1 amide bonds. The van der Waals surface area contributed by atoms with E-state index < -0.39 is 12.1 Å². The van der Waals surface area contributed by atoms with E-state index in [-0.39, 0.29) is 12.0 Å². The lowest BCUT2D eigenvalue weighted by Gasteiger charge is -2.11. The minimum Gasteiger partial charge on any atom is -0.479 e. The van der Waals surface area contributed by atoms with Crippen LogP contribution in [0.25, 0.3) is 6.08 Å². The predicted octanol–water partition coefficient (Wildman–Crippen LogP) is 2.10. The van der Waals surface area contributed by atoms with Gasteiger partial charge in [-0.15, -0.1) is 0 Å². The van der Waals surface area contributed by atoms with Crippen LogP contribution in [0, 0.1) is 0 Å². The van der Waals surface area contributed by atoms with Gasteiger partial charge >= 0.3 is 5.97 Å². The van der Waals surface area contributed by atoms with Gasteiger partial charge in [0.05, 0.1) is 6.10 Å². The molecule has 6 heteroatoms. The Bertz CT molecular complexity index is 558. The topological polar surface area (TPSA) is 75.6 Å². The molecule has 0 spiro atoms. The maximum absolute atomic E-state index is 11.7. The van der Waals surface area contributed by atoms with Crippen molar-refractivity contribution in [1.82, 2.24) is 5.32 Å². The van der Waals surface area contributed by atoms with Crippen molar-refractivity contribution in [3.05, 3.63) is 40.9 Å². The maximum Gasteiger partial charge on any atom is 0.332 e. The number of benzene rings is 1. The Hall–Kier alpha value is -1.85. The van der Waals surface area contributed by atoms with Crippen LogP contribution in [0.3, 0.4) is 0 Å². The zero-order valence-corrected chi connectivity index (χ0v) is 12.0. The zero-order chi connectivity index (χ0) is 15.2. The average Bonchev–Trinajstić information content (AvgIpc) is 2.93. The van der Waals surface area contributed by atoms with Gasteiger partial charge in [-0.1, -0.05) is 29.8 Å². The summed E-state index contributed by atoms with van der Waals surface area (Å²) in [5.41, 5.74) is 0.761. The lowest BCUT2D eigenvalue weighted by atomic mass is 10.2. The van der Waals surface area contributed by atoms with E-state index in [1.807, 2.05) is 18.2 Å². The summed E-state index contributed by atoms with van der Waals surface area (Å²) in [6.07, 6.45) is 3.13. The van der Waals surface area contributed by atoms with Crippen molar-refractivity contribution in [1.29, 1.82) is 0 Å². The fourth-order valence-electron chi connectivity index (χ4n) is 2.09. The van der Waals surface area contributed by atoms with Crippen LogP contribution in [0.5, 0.6) is 0 Å². The van der Waals surface area contributed by atoms with Crippen LogP contribution in [-0.4, -0.2) is 35.7 Å². The molecule has 1 aliphatic rings. The second-order valence-electron chi connectivity index (χ2n) is 4.76. The molecule has 2 rings (SSSR count). The molecular formula is C15H16ClNO4. The van der Waals surface area contributed by atoms with Crippen LogP contribution < -0.4 is 5.32 Å². The third-order valence-electron chi connectivity index (χ3n) is 3.21. The molecule has 0 bridgehead atoms. The van der Waals surface area contributed by atoms with Gasteiger partial charge in [0.1, 0.15) is 0 Å². The van der Waals surface area contributed by atoms with Gasteiger partial charge in [-0.3, -0.25) is 4.79 Å². The summed E-state index contributed by atoms with van der Waals surface area (Å²) >= 11 is 5.98. The van der Waals surface area contributed by atoms with Crippen molar-refractivity contribution in [2.24, 2.45) is 0 Å². The molecule has 5 nitrogen and oxygen atoms in total. The van der Waals surface area contributed by atoms with Crippen molar-refractivity contribution in [2.75, 3.05) is 6.54 Å². The highest BCUT2D eigenvalue weighted by atomic mass is 35.5. The Morgan fingerprint density at radius 1 is 1.38 bits per heavy atom. The summed E-state index contributed by atoms with van der Waals surface area (Å²) in [4.78, 5) is 22.4. The Morgan fingerprint density at radius 3 is 2.81 bits per heavy atom. The quantitative estimate of drug-likeness (QED) is 0.817. The Balaban J connectivity index is 1.78. The second-order valence-corrected chi connectivity index (χ2v) is 5.17. The van der Waals surface area contributed by atoms with E-state index in [1.54, 1.807) is 12.1 Å². The van der Waals surface area contributed by atoms with Crippen LogP contribution in [0.1, 0.15) is 18.4 Å². The number of rotatable bonds is 5. The molecule has 21 heavy (non-hydrogen) atoms. The highest BCUT2D eigenvalue weighted by Gasteiger charge is 2.30. The summed E-state index contributed by atoms with van der Waals surface area (Å²) in [5, 5.41) is 12.1. The molecule has 0 radical (unpaired) electrons. The normalized spacial score (nSPS) is 21.6. The smallest absolute Gasteiger partial charge is 0.332 e. The van der Waals surface area contributed by atoms with Gasteiger partial charge in [-0.05, 0) is 30.5 Å². The molecule has 0 saturated carbocycles. The number of hydrogen-bond acceptors (Lipinski definition) is 3. The lowest BCUT2D eigenvalue weighted by Crippen LogP contribution is -2.32. The van der Waals surface area contributed by atoms with Crippen molar-refractivity contribution in [3.63, 3.8) is 0 Å². The van der Waals surface area contributed by atoms with Crippen LogP contribution in [0.2, 0.25) is 5.02 Å². The monoisotopic (exact) mass is 309 g/mol. The number of amides is 1. The van der Waals surface area contributed by atoms with E-state index in [9.17, 15) is 9.59 Å². The first-order valence-electron chi connectivity index (χ1n) is 6.65. The molecule has 2 unspecified atom stereocenters. The first kappa shape index (κ1) is 15.5. The van der Waals surface area contributed by atoms with Crippen molar-refractivity contribution < 1.29 is 19.4 Å². The minimum absolute atomic E-state index is 0.247. The molecular weight excluding hydrogens is 294 g/mol. The summed E-state index contributed by atoms with van der Waals surface area (Å²) in [5.74, 6) is -1.22. The number of nitrogens with one attached hydrogen (secondary N) is 1. The number of carbonyl (C=O) groups is 2. The maximum atomic E-state index is 11.7. The Kier molecular flexibility index (Phi) is 5.36. The number of aliphatic carboxylic acids is 1. The number of halogens is 1. The molecule has 1 fully saturated rings. The number of carboxylic acid groups (broad SMARTS) is 1. The Labute approximate surface area is 127 Å². The van der Waals surface area contributed by atoms with Gasteiger partial charge in [-0.2, -0.15) is 0 Å². The molecule has 1 aliphatic heterocycles. The second kappa shape index (κ2) is 7.24. The minimum atomic E-state index is -0.956. The van der Waals surface area contributed by atoms with Gasteiger partial charge in [0.2, 0.25) is 5.91 Å². The molecule has 0 aromatic heterocycles. The number of carboxylic acids is 1. The number of ether oxygens (including phenoxy) is 1. The number of hydrogen-bond donors (Lipinski definition) is 2.